The van der Waals surface area contributed by atoms with Gasteiger partial charge in [0, 0.05) is 6.54 Å². The summed E-state index contributed by atoms with van der Waals surface area (Å²) in [5.41, 5.74) is 7.73. The molecule has 0 aliphatic rings. The van der Waals surface area contributed by atoms with Crippen LogP contribution in [-0.4, -0.2) is 25.6 Å². The van der Waals surface area contributed by atoms with Crippen LogP contribution >= 0.6 is 0 Å². The number of carbonyl (C=O) groups is 1. The lowest BCUT2D eigenvalue weighted by molar-refractivity contribution is -0.121. The van der Waals surface area contributed by atoms with E-state index in [0.29, 0.717) is 6.54 Å². The van der Waals surface area contributed by atoms with Gasteiger partial charge in [-0.2, -0.15) is 0 Å². The minimum atomic E-state index is -0.464. The molecule has 0 saturated carbocycles. The highest BCUT2D eigenvalue weighted by molar-refractivity contribution is 5.80. The summed E-state index contributed by atoms with van der Waals surface area (Å²) in [6, 6.07) is 5.55. The third-order valence-corrected chi connectivity index (χ3v) is 2.54. The lowest BCUT2D eigenvalue weighted by atomic mass is 10.1. The molecule has 0 saturated heterocycles. The lowest BCUT2D eigenvalue weighted by Gasteiger charge is -2.11. The molecule has 1 unspecified atom stereocenters. The van der Waals surface area contributed by atoms with Crippen LogP contribution in [0.25, 0.3) is 0 Å². The number of hydrogen-bond acceptors (Lipinski definition) is 3. The summed E-state index contributed by atoms with van der Waals surface area (Å²) in [4.78, 5) is 11.3. The highest BCUT2D eigenvalue weighted by Gasteiger charge is 2.07. The molecule has 0 bridgehead atoms. The normalized spacial score (nSPS) is 12.0. The monoisotopic (exact) mass is 236 g/mol. The van der Waals surface area contributed by atoms with Gasteiger partial charge in [-0.25, -0.2) is 0 Å². The Kier molecular flexibility index (Phi) is 4.97. The van der Waals surface area contributed by atoms with Gasteiger partial charge in [-0.15, -0.1) is 0 Å². The predicted molar refractivity (Wildman–Crippen MR) is 68.1 cm³/mol. The van der Waals surface area contributed by atoms with E-state index >= 15 is 0 Å². The summed E-state index contributed by atoms with van der Waals surface area (Å²) in [6.45, 7) is 4.27. The van der Waals surface area contributed by atoms with Gasteiger partial charge < -0.3 is 15.8 Å². The number of nitrogens with one attached hydrogen (secondary N) is 1. The average Bonchev–Trinajstić information content (AvgIpc) is 2.29. The minimum absolute atomic E-state index is 0.128. The van der Waals surface area contributed by atoms with E-state index in [-0.39, 0.29) is 5.91 Å². The molecule has 17 heavy (non-hydrogen) atoms. The first-order chi connectivity index (χ1) is 8.04. The Morgan fingerprint density at radius 2 is 2.24 bits per heavy atom. The first kappa shape index (κ1) is 13.5. The van der Waals surface area contributed by atoms with Crippen molar-refractivity contribution < 1.29 is 9.53 Å². The Morgan fingerprint density at radius 3 is 2.82 bits per heavy atom. The number of hydrogen-bond donors (Lipinski definition) is 2. The molecule has 1 aromatic carbocycles. The zero-order valence-corrected chi connectivity index (χ0v) is 10.6. The van der Waals surface area contributed by atoms with Crippen molar-refractivity contribution in [3.8, 4) is 5.75 Å². The third kappa shape index (κ3) is 4.07. The number of methoxy groups -OCH3 is 1. The highest BCUT2D eigenvalue weighted by atomic mass is 16.5. The summed E-state index contributed by atoms with van der Waals surface area (Å²) in [6.07, 6.45) is 0.739. The zero-order valence-electron chi connectivity index (χ0n) is 10.6. The van der Waals surface area contributed by atoms with Gasteiger partial charge in [-0.3, -0.25) is 4.79 Å². The molecule has 0 heterocycles. The molecule has 1 rings (SSSR count). The van der Waals surface area contributed by atoms with Gasteiger partial charge in [0.25, 0.3) is 0 Å². The quantitative estimate of drug-likeness (QED) is 0.802. The first-order valence-corrected chi connectivity index (χ1v) is 5.71. The maximum Gasteiger partial charge on any atom is 0.236 e. The molecule has 4 nitrogen and oxygen atoms in total. The molecule has 1 aromatic rings. The van der Waals surface area contributed by atoms with Crippen LogP contribution in [0.1, 0.15) is 18.1 Å². The van der Waals surface area contributed by atoms with Crippen LogP contribution in [0.3, 0.4) is 0 Å². The van der Waals surface area contributed by atoms with Crippen LogP contribution in [0.2, 0.25) is 0 Å². The fourth-order valence-electron chi connectivity index (χ4n) is 1.58. The Labute approximate surface area is 102 Å². The molecule has 0 radical (unpaired) electrons. The summed E-state index contributed by atoms with van der Waals surface area (Å²) in [5, 5.41) is 2.78. The number of rotatable bonds is 5. The Hall–Kier alpha value is -1.55. The van der Waals surface area contributed by atoms with Crippen molar-refractivity contribution in [2.75, 3.05) is 13.7 Å². The number of carbonyl (C=O) groups excluding carboxylic acids is 1. The molecule has 94 valence electrons. The maximum atomic E-state index is 11.3. The van der Waals surface area contributed by atoms with Crippen molar-refractivity contribution in [3.05, 3.63) is 29.3 Å². The van der Waals surface area contributed by atoms with Crippen molar-refractivity contribution in [2.24, 2.45) is 5.73 Å². The topological polar surface area (TPSA) is 64.3 Å². The van der Waals surface area contributed by atoms with E-state index in [1.165, 1.54) is 5.56 Å². The molecule has 0 aliphatic carbocycles. The fraction of sp³-hybridized carbons (Fsp3) is 0.462. The van der Waals surface area contributed by atoms with Crippen molar-refractivity contribution >= 4 is 5.91 Å². The predicted octanol–water partition coefficient (Wildman–Crippen LogP) is 1.01. The van der Waals surface area contributed by atoms with Gasteiger partial charge >= 0.3 is 0 Å². The summed E-state index contributed by atoms with van der Waals surface area (Å²) < 4.78 is 5.27. The number of benzene rings is 1. The maximum absolute atomic E-state index is 11.3. The molecule has 3 N–H and O–H groups in total. The molecular formula is C13H20N2O2. The van der Waals surface area contributed by atoms with Gasteiger partial charge in [0.1, 0.15) is 5.75 Å². The van der Waals surface area contributed by atoms with Crippen LogP contribution in [0.15, 0.2) is 18.2 Å². The zero-order chi connectivity index (χ0) is 12.8. The van der Waals surface area contributed by atoms with Crippen molar-refractivity contribution in [3.63, 3.8) is 0 Å². The van der Waals surface area contributed by atoms with Crippen LogP contribution < -0.4 is 15.8 Å². The Morgan fingerprint density at radius 1 is 1.53 bits per heavy atom. The molecular weight excluding hydrogens is 216 g/mol. The van der Waals surface area contributed by atoms with Crippen molar-refractivity contribution in [1.82, 2.24) is 5.32 Å². The van der Waals surface area contributed by atoms with Crippen LogP contribution in [0.5, 0.6) is 5.75 Å². The second-order valence-corrected chi connectivity index (χ2v) is 4.15. The van der Waals surface area contributed by atoms with Gasteiger partial charge in [0.15, 0.2) is 0 Å². The molecule has 0 aliphatic heterocycles. The summed E-state index contributed by atoms with van der Waals surface area (Å²) >= 11 is 0. The molecule has 0 fully saturated rings. The molecule has 0 spiro atoms. The molecule has 0 aromatic heterocycles. The van der Waals surface area contributed by atoms with Gasteiger partial charge in [-0.1, -0.05) is 17.7 Å². The van der Waals surface area contributed by atoms with E-state index in [2.05, 4.69) is 11.4 Å². The second-order valence-electron chi connectivity index (χ2n) is 4.15. The number of ether oxygens (including phenoxy) is 1. The van der Waals surface area contributed by atoms with E-state index in [4.69, 9.17) is 10.5 Å². The average molecular weight is 236 g/mol. The Balaban J connectivity index is 2.56. The minimum Gasteiger partial charge on any atom is -0.496 e. The second kappa shape index (κ2) is 6.25. The summed E-state index contributed by atoms with van der Waals surface area (Å²) in [7, 11) is 1.65. The Bertz CT molecular complexity index is 389. The van der Waals surface area contributed by atoms with Crippen LogP contribution in [0.4, 0.5) is 0 Å². The van der Waals surface area contributed by atoms with Crippen LogP contribution in [0, 0.1) is 6.92 Å². The van der Waals surface area contributed by atoms with E-state index < -0.39 is 6.04 Å². The SMILES string of the molecule is COc1ccc(C)cc1CCNC(=O)C(C)N. The number of nitrogens with two attached hydrogens (primary N) is 1. The molecule has 1 atom stereocenters. The van der Waals surface area contributed by atoms with E-state index in [1.807, 2.05) is 19.1 Å². The standard InChI is InChI=1S/C13H20N2O2/c1-9-4-5-12(17-3)11(8-9)6-7-15-13(16)10(2)14/h4-5,8,10H,6-7,14H2,1-3H3,(H,15,16). The van der Waals surface area contributed by atoms with Gasteiger partial charge in [-0.05, 0) is 31.9 Å². The third-order valence-electron chi connectivity index (χ3n) is 2.54. The van der Waals surface area contributed by atoms with Gasteiger partial charge in [0.05, 0.1) is 13.2 Å². The molecule has 1 amide bonds. The highest BCUT2D eigenvalue weighted by Crippen LogP contribution is 2.19. The lowest BCUT2D eigenvalue weighted by Crippen LogP contribution is -2.39. The van der Waals surface area contributed by atoms with E-state index in [0.717, 1.165) is 17.7 Å². The van der Waals surface area contributed by atoms with Crippen molar-refractivity contribution in [1.29, 1.82) is 0 Å². The smallest absolute Gasteiger partial charge is 0.236 e. The fourth-order valence-corrected chi connectivity index (χ4v) is 1.58. The van der Waals surface area contributed by atoms with E-state index in [1.54, 1.807) is 14.0 Å². The van der Waals surface area contributed by atoms with Crippen molar-refractivity contribution in [2.45, 2.75) is 26.3 Å². The summed E-state index contributed by atoms with van der Waals surface area (Å²) in [5.74, 6) is 0.724. The number of amides is 1. The first-order valence-electron chi connectivity index (χ1n) is 5.71. The van der Waals surface area contributed by atoms with E-state index in [9.17, 15) is 4.79 Å². The molecule has 4 heteroatoms. The number of aryl methyl sites for hydroxylation is 1. The van der Waals surface area contributed by atoms with Gasteiger partial charge in [0.2, 0.25) is 5.91 Å². The van der Waals surface area contributed by atoms with Crippen LogP contribution in [-0.2, 0) is 11.2 Å². The largest absolute Gasteiger partial charge is 0.496 e.